The Morgan fingerprint density at radius 1 is 1.17 bits per heavy atom. The van der Waals surface area contributed by atoms with Gasteiger partial charge < -0.3 is 19.1 Å². The van der Waals surface area contributed by atoms with Gasteiger partial charge in [0.2, 0.25) is 0 Å². The molecule has 3 rings (SSSR count). The van der Waals surface area contributed by atoms with E-state index in [9.17, 15) is 14.0 Å². The molecule has 0 bridgehead atoms. The third-order valence-corrected chi connectivity index (χ3v) is 5.12. The first-order chi connectivity index (χ1) is 14.4. The number of rotatable bonds is 6. The van der Waals surface area contributed by atoms with E-state index >= 15 is 0 Å². The fourth-order valence-corrected chi connectivity index (χ4v) is 3.42. The minimum Gasteiger partial charge on any atom is -0.493 e. The topological polar surface area (TPSA) is 65.1 Å². The molecule has 30 heavy (non-hydrogen) atoms. The molecule has 0 spiro atoms. The quantitative estimate of drug-likeness (QED) is 0.514. The highest BCUT2D eigenvalue weighted by atomic mass is 35.5. The van der Waals surface area contributed by atoms with Crippen molar-refractivity contribution in [2.45, 2.75) is 13.0 Å². The molecule has 0 atom stereocenters. The molecule has 0 aromatic heterocycles. The predicted molar refractivity (Wildman–Crippen MR) is 110 cm³/mol. The van der Waals surface area contributed by atoms with Crippen molar-refractivity contribution in [3.8, 4) is 11.5 Å². The van der Waals surface area contributed by atoms with Gasteiger partial charge in [0.25, 0.3) is 5.91 Å². The molecule has 158 valence electrons. The fraction of sp³-hybridized carbons (Fsp3) is 0.273. The number of hydrogen-bond acceptors (Lipinski definition) is 5. The first kappa shape index (κ1) is 21.6. The molecule has 0 fully saturated rings. The Labute approximate surface area is 178 Å². The summed E-state index contributed by atoms with van der Waals surface area (Å²) in [6.07, 6.45) is 2.92. The van der Waals surface area contributed by atoms with Gasteiger partial charge in [0.1, 0.15) is 5.82 Å². The number of ether oxygens (including phenoxy) is 3. The second-order valence-electron chi connectivity index (χ2n) is 6.62. The highest BCUT2D eigenvalue weighted by Gasteiger charge is 2.23. The molecule has 0 saturated heterocycles. The first-order valence-corrected chi connectivity index (χ1v) is 9.61. The van der Waals surface area contributed by atoms with Gasteiger partial charge in [0.05, 0.1) is 19.2 Å². The van der Waals surface area contributed by atoms with Crippen LogP contribution in [0.15, 0.2) is 36.4 Å². The van der Waals surface area contributed by atoms with Crippen LogP contribution in [-0.4, -0.2) is 44.1 Å². The molecule has 2 aromatic rings. The summed E-state index contributed by atoms with van der Waals surface area (Å²) in [5.74, 6) is -0.394. The van der Waals surface area contributed by atoms with Crippen molar-refractivity contribution >= 4 is 29.6 Å². The van der Waals surface area contributed by atoms with E-state index in [1.54, 1.807) is 19.1 Å². The van der Waals surface area contributed by atoms with Crippen LogP contribution in [0.5, 0.6) is 11.5 Å². The van der Waals surface area contributed by atoms with E-state index in [2.05, 4.69) is 0 Å². The van der Waals surface area contributed by atoms with Crippen LogP contribution in [0.2, 0.25) is 5.02 Å². The molecule has 8 heteroatoms. The van der Waals surface area contributed by atoms with Crippen molar-refractivity contribution in [3.05, 3.63) is 63.9 Å². The number of amides is 1. The largest absolute Gasteiger partial charge is 0.493 e. The standard InChI is InChI=1S/C22H21ClFNO5/c1-28-19-10-14-8-9-25(12-15(14)11-20(19)29-2)21(26)13-30-22(27)7-6-16-17(23)4-3-5-18(16)24/h3-7,10-11H,8-9,12-13H2,1-2H3. The summed E-state index contributed by atoms with van der Waals surface area (Å²) in [4.78, 5) is 26.0. The zero-order valence-corrected chi connectivity index (χ0v) is 17.4. The van der Waals surface area contributed by atoms with Crippen molar-refractivity contribution in [2.24, 2.45) is 0 Å². The number of fused-ring (bicyclic) bond motifs is 1. The second-order valence-corrected chi connectivity index (χ2v) is 7.02. The average Bonchev–Trinajstić information content (AvgIpc) is 2.75. The summed E-state index contributed by atoms with van der Waals surface area (Å²) in [7, 11) is 3.13. The first-order valence-electron chi connectivity index (χ1n) is 9.23. The maximum atomic E-state index is 13.7. The van der Waals surface area contributed by atoms with Gasteiger partial charge in [-0.3, -0.25) is 4.79 Å². The predicted octanol–water partition coefficient (Wildman–Crippen LogP) is 3.64. The lowest BCUT2D eigenvalue weighted by molar-refractivity contribution is -0.148. The molecule has 2 aromatic carbocycles. The molecule has 6 nitrogen and oxygen atoms in total. The Hall–Kier alpha value is -3.06. The molecule has 0 aliphatic carbocycles. The molecule has 1 aliphatic heterocycles. The number of halogens is 2. The molecule has 1 aliphatic rings. The Balaban J connectivity index is 1.58. The maximum Gasteiger partial charge on any atom is 0.331 e. The lowest BCUT2D eigenvalue weighted by atomic mass is 9.99. The summed E-state index contributed by atoms with van der Waals surface area (Å²) < 4.78 is 29.3. The van der Waals surface area contributed by atoms with Crippen LogP contribution in [0.3, 0.4) is 0 Å². The van der Waals surface area contributed by atoms with E-state index in [1.165, 1.54) is 24.3 Å². The lowest BCUT2D eigenvalue weighted by Crippen LogP contribution is -2.38. The molecule has 0 saturated carbocycles. The number of methoxy groups -OCH3 is 2. The van der Waals surface area contributed by atoms with E-state index in [0.29, 0.717) is 31.0 Å². The normalized spacial score (nSPS) is 13.1. The van der Waals surface area contributed by atoms with Crippen LogP contribution < -0.4 is 9.47 Å². The zero-order chi connectivity index (χ0) is 21.7. The van der Waals surface area contributed by atoms with Crippen LogP contribution in [0.4, 0.5) is 4.39 Å². The summed E-state index contributed by atoms with van der Waals surface area (Å²) in [5.41, 5.74) is 2.12. The van der Waals surface area contributed by atoms with Gasteiger partial charge in [-0.1, -0.05) is 17.7 Å². The summed E-state index contributed by atoms with van der Waals surface area (Å²) >= 11 is 5.90. The SMILES string of the molecule is COc1cc2c(cc1OC)CN(C(=O)COC(=O)C=Cc1c(F)cccc1Cl)CC2. The lowest BCUT2D eigenvalue weighted by Gasteiger charge is -2.29. The van der Waals surface area contributed by atoms with E-state index in [1.807, 2.05) is 12.1 Å². The number of nitrogens with zero attached hydrogens (tertiary/aromatic N) is 1. The summed E-state index contributed by atoms with van der Waals surface area (Å²) in [5, 5.41) is 0.175. The van der Waals surface area contributed by atoms with E-state index in [-0.39, 0.29) is 16.5 Å². The van der Waals surface area contributed by atoms with Crippen LogP contribution in [0.1, 0.15) is 16.7 Å². The third kappa shape index (κ3) is 4.91. The number of hydrogen-bond donors (Lipinski definition) is 0. The van der Waals surface area contributed by atoms with Gasteiger partial charge in [0.15, 0.2) is 18.1 Å². The van der Waals surface area contributed by atoms with Crippen molar-refractivity contribution in [1.29, 1.82) is 0 Å². The molecule has 1 heterocycles. The van der Waals surface area contributed by atoms with Gasteiger partial charge in [-0.25, -0.2) is 9.18 Å². The fourth-order valence-electron chi connectivity index (χ4n) is 3.19. The van der Waals surface area contributed by atoms with Crippen LogP contribution in [0, 0.1) is 5.82 Å². The molecular weight excluding hydrogens is 413 g/mol. The van der Waals surface area contributed by atoms with Crippen molar-refractivity contribution < 1.29 is 28.2 Å². The van der Waals surface area contributed by atoms with Gasteiger partial charge in [-0.2, -0.15) is 0 Å². The summed E-state index contributed by atoms with van der Waals surface area (Å²) in [6.45, 7) is 0.475. The summed E-state index contributed by atoms with van der Waals surface area (Å²) in [6, 6.07) is 7.97. The molecule has 0 N–H and O–H groups in total. The zero-order valence-electron chi connectivity index (χ0n) is 16.6. The van der Waals surface area contributed by atoms with Crippen LogP contribution >= 0.6 is 11.6 Å². The monoisotopic (exact) mass is 433 g/mol. The van der Waals surface area contributed by atoms with Crippen molar-refractivity contribution in [2.75, 3.05) is 27.4 Å². The van der Waals surface area contributed by atoms with E-state index in [4.69, 9.17) is 25.8 Å². The Morgan fingerprint density at radius 3 is 2.53 bits per heavy atom. The average molecular weight is 434 g/mol. The van der Waals surface area contributed by atoms with E-state index in [0.717, 1.165) is 17.2 Å². The van der Waals surface area contributed by atoms with Gasteiger partial charge >= 0.3 is 5.97 Å². The van der Waals surface area contributed by atoms with Crippen LogP contribution in [-0.2, 0) is 27.3 Å². The Bertz CT molecular complexity index is 971. The minimum absolute atomic E-state index is 0.0828. The van der Waals surface area contributed by atoms with E-state index < -0.39 is 18.4 Å². The van der Waals surface area contributed by atoms with Gasteiger partial charge in [-0.05, 0) is 47.9 Å². The number of esters is 1. The minimum atomic E-state index is -0.758. The Kier molecular flexibility index (Phi) is 6.95. The van der Waals surface area contributed by atoms with Crippen LogP contribution in [0.25, 0.3) is 6.08 Å². The number of carbonyl (C=O) groups is 2. The molecule has 0 unspecified atom stereocenters. The molecular formula is C22H21ClFNO5. The van der Waals surface area contributed by atoms with Gasteiger partial charge in [-0.15, -0.1) is 0 Å². The highest BCUT2D eigenvalue weighted by Crippen LogP contribution is 2.33. The van der Waals surface area contributed by atoms with Gasteiger partial charge in [0, 0.05) is 24.7 Å². The van der Waals surface area contributed by atoms with Crippen molar-refractivity contribution in [3.63, 3.8) is 0 Å². The smallest absolute Gasteiger partial charge is 0.331 e. The number of carbonyl (C=O) groups excluding carboxylic acids is 2. The van der Waals surface area contributed by atoms with Crippen molar-refractivity contribution in [1.82, 2.24) is 4.90 Å². The molecule has 0 radical (unpaired) electrons. The highest BCUT2D eigenvalue weighted by molar-refractivity contribution is 6.32. The second kappa shape index (κ2) is 9.63. The molecule has 1 amide bonds. The maximum absolute atomic E-state index is 13.7. The third-order valence-electron chi connectivity index (χ3n) is 4.79. The number of benzene rings is 2. The Morgan fingerprint density at radius 2 is 1.87 bits per heavy atom.